The Balaban J connectivity index is 2.14. The molecule has 0 aliphatic carbocycles. The fourth-order valence-corrected chi connectivity index (χ4v) is 2.55. The first-order valence-electron chi connectivity index (χ1n) is 6.22. The molecule has 1 unspecified atom stereocenters. The van der Waals surface area contributed by atoms with Gasteiger partial charge in [0.2, 0.25) is 0 Å². The molecule has 0 amide bonds. The molecule has 0 aromatic heterocycles. The first-order valence-corrected chi connectivity index (χ1v) is 6.22. The highest BCUT2D eigenvalue weighted by Gasteiger charge is 2.47. The molecule has 2 nitrogen and oxygen atoms in total. The lowest BCUT2D eigenvalue weighted by atomic mass is 9.97. The summed E-state index contributed by atoms with van der Waals surface area (Å²) in [5.41, 5.74) is 0.893. The van der Waals surface area contributed by atoms with Gasteiger partial charge in [-0.2, -0.15) is 0 Å². The third-order valence-corrected chi connectivity index (χ3v) is 3.26. The van der Waals surface area contributed by atoms with E-state index < -0.39 is 0 Å². The maximum absolute atomic E-state index is 6.08. The molecule has 1 aromatic rings. The van der Waals surface area contributed by atoms with Crippen molar-refractivity contribution in [2.75, 3.05) is 0 Å². The van der Waals surface area contributed by atoms with Gasteiger partial charge in [-0.25, -0.2) is 0 Å². The van der Waals surface area contributed by atoms with Crippen molar-refractivity contribution in [1.29, 1.82) is 0 Å². The van der Waals surface area contributed by atoms with E-state index in [-0.39, 0.29) is 17.3 Å². The summed E-state index contributed by atoms with van der Waals surface area (Å²) in [7, 11) is 0. The molecule has 1 atom stereocenters. The van der Waals surface area contributed by atoms with Gasteiger partial charge in [0, 0.05) is 6.42 Å². The van der Waals surface area contributed by atoms with Crippen LogP contribution < -0.4 is 4.74 Å². The van der Waals surface area contributed by atoms with Crippen molar-refractivity contribution in [3.8, 4) is 5.75 Å². The second-order valence-corrected chi connectivity index (χ2v) is 6.09. The molecule has 94 valence electrons. The summed E-state index contributed by atoms with van der Waals surface area (Å²) >= 11 is 0. The average molecular weight is 234 g/mol. The van der Waals surface area contributed by atoms with E-state index in [4.69, 9.17) is 9.47 Å². The first kappa shape index (κ1) is 12.4. The highest BCUT2D eigenvalue weighted by Crippen LogP contribution is 2.39. The minimum atomic E-state index is -0.229. The van der Waals surface area contributed by atoms with Gasteiger partial charge in [0.05, 0.1) is 5.60 Å². The Hall–Kier alpha value is -1.02. The van der Waals surface area contributed by atoms with Crippen molar-refractivity contribution in [1.82, 2.24) is 0 Å². The standard InChI is InChI=1S/C15H22O2/c1-11-7-6-8-12(9-11)16-13-10-14(2,3)17-15(13,4)5/h6-9,13H,10H2,1-5H3. The molecule has 0 N–H and O–H groups in total. The van der Waals surface area contributed by atoms with Crippen LogP contribution in [0.4, 0.5) is 0 Å². The SMILES string of the molecule is Cc1cccc(OC2CC(C)(C)OC2(C)C)c1. The molecular weight excluding hydrogens is 212 g/mol. The zero-order valence-electron chi connectivity index (χ0n) is 11.4. The third kappa shape index (κ3) is 2.81. The van der Waals surface area contributed by atoms with E-state index in [9.17, 15) is 0 Å². The van der Waals surface area contributed by atoms with Crippen LogP contribution in [-0.4, -0.2) is 17.3 Å². The lowest BCUT2D eigenvalue weighted by Crippen LogP contribution is -2.36. The number of rotatable bonds is 2. The van der Waals surface area contributed by atoms with Crippen molar-refractivity contribution in [3.05, 3.63) is 29.8 Å². The van der Waals surface area contributed by atoms with Gasteiger partial charge in [0.25, 0.3) is 0 Å². The van der Waals surface area contributed by atoms with Gasteiger partial charge in [0.15, 0.2) is 0 Å². The Bertz CT molecular complexity index is 407. The van der Waals surface area contributed by atoms with Crippen molar-refractivity contribution in [2.45, 2.75) is 58.3 Å². The Kier molecular flexibility index (Phi) is 2.94. The van der Waals surface area contributed by atoms with E-state index in [2.05, 4.69) is 46.8 Å². The van der Waals surface area contributed by atoms with Crippen LogP contribution in [0.3, 0.4) is 0 Å². The van der Waals surface area contributed by atoms with Crippen LogP contribution in [0.15, 0.2) is 24.3 Å². The molecule has 1 aliphatic rings. The van der Waals surface area contributed by atoms with Crippen molar-refractivity contribution in [2.24, 2.45) is 0 Å². The molecule has 0 bridgehead atoms. The normalized spacial score (nSPS) is 25.8. The molecule has 1 fully saturated rings. The first-order chi connectivity index (χ1) is 7.78. The molecule has 2 rings (SSSR count). The van der Waals surface area contributed by atoms with Gasteiger partial charge < -0.3 is 9.47 Å². The van der Waals surface area contributed by atoms with Crippen LogP contribution in [0.2, 0.25) is 0 Å². The van der Waals surface area contributed by atoms with E-state index in [1.54, 1.807) is 0 Å². The molecule has 1 aliphatic heterocycles. The second-order valence-electron chi connectivity index (χ2n) is 6.09. The summed E-state index contributed by atoms with van der Waals surface area (Å²) in [6, 6.07) is 8.18. The number of hydrogen-bond acceptors (Lipinski definition) is 2. The molecule has 1 aromatic carbocycles. The van der Waals surface area contributed by atoms with E-state index in [0.717, 1.165) is 12.2 Å². The monoisotopic (exact) mass is 234 g/mol. The van der Waals surface area contributed by atoms with Crippen LogP contribution in [0.1, 0.15) is 39.7 Å². The zero-order chi connectivity index (χ0) is 12.7. The molecular formula is C15H22O2. The molecule has 2 heteroatoms. The molecule has 1 heterocycles. The Morgan fingerprint density at radius 2 is 1.94 bits per heavy atom. The van der Waals surface area contributed by atoms with Gasteiger partial charge in [0.1, 0.15) is 17.5 Å². The Morgan fingerprint density at radius 3 is 2.47 bits per heavy atom. The Labute approximate surface area is 104 Å². The van der Waals surface area contributed by atoms with Crippen LogP contribution in [0.25, 0.3) is 0 Å². The predicted octanol–water partition coefficient (Wildman–Crippen LogP) is 3.72. The minimum Gasteiger partial charge on any atom is -0.487 e. The van der Waals surface area contributed by atoms with Crippen LogP contribution in [0, 0.1) is 6.92 Å². The topological polar surface area (TPSA) is 18.5 Å². The van der Waals surface area contributed by atoms with Crippen LogP contribution in [0.5, 0.6) is 5.75 Å². The number of aryl methyl sites for hydroxylation is 1. The number of hydrogen-bond donors (Lipinski definition) is 0. The maximum atomic E-state index is 6.08. The van der Waals surface area contributed by atoms with Crippen LogP contribution in [-0.2, 0) is 4.74 Å². The van der Waals surface area contributed by atoms with Gasteiger partial charge in [-0.3, -0.25) is 0 Å². The summed E-state index contributed by atoms with van der Waals surface area (Å²) < 4.78 is 12.1. The largest absolute Gasteiger partial charge is 0.487 e. The quantitative estimate of drug-likeness (QED) is 0.776. The molecule has 0 saturated carbocycles. The zero-order valence-corrected chi connectivity index (χ0v) is 11.4. The summed E-state index contributed by atoms with van der Waals surface area (Å²) in [6.07, 6.45) is 1.04. The number of benzene rings is 1. The predicted molar refractivity (Wildman–Crippen MR) is 69.5 cm³/mol. The fourth-order valence-electron chi connectivity index (χ4n) is 2.55. The van der Waals surface area contributed by atoms with Gasteiger partial charge in [-0.15, -0.1) is 0 Å². The summed E-state index contributed by atoms with van der Waals surface area (Å²) in [4.78, 5) is 0. The summed E-state index contributed by atoms with van der Waals surface area (Å²) in [5, 5.41) is 0. The van der Waals surface area contributed by atoms with Gasteiger partial charge >= 0.3 is 0 Å². The maximum Gasteiger partial charge on any atom is 0.130 e. The molecule has 17 heavy (non-hydrogen) atoms. The van der Waals surface area contributed by atoms with E-state index in [1.807, 2.05) is 12.1 Å². The third-order valence-electron chi connectivity index (χ3n) is 3.26. The second kappa shape index (κ2) is 4.02. The molecule has 0 spiro atoms. The number of ether oxygens (including phenoxy) is 2. The van der Waals surface area contributed by atoms with E-state index in [1.165, 1.54) is 5.56 Å². The lowest BCUT2D eigenvalue weighted by Gasteiger charge is -2.27. The van der Waals surface area contributed by atoms with Crippen molar-refractivity contribution in [3.63, 3.8) is 0 Å². The highest BCUT2D eigenvalue weighted by atomic mass is 16.6. The highest BCUT2D eigenvalue weighted by molar-refractivity contribution is 5.28. The van der Waals surface area contributed by atoms with Gasteiger partial charge in [-0.1, -0.05) is 12.1 Å². The summed E-state index contributed by atoms with van der Waals surface area (Å²) in [6.45, 7) is 10.5. The van der Waals surface area contributed by atoms with Gasteiger partial charge in [-0.05, 0) is 52.3 Å². The smallest absolute Gasteiger partial charge is 0.130 e. The molecule has 0 radical (unpaired) electrons. The van der Waals surface area contributed by atoms with Crippen molar-refractivity contribution >= 4 is 0 Å². The van der Waals surface area contributed by atoms with Crippen molar-refractivity contribution < 1.29 is 9.47 Å². The average Bonchev–Trinajstić information content (AvgIpc) is 2.34. The fraction of sp³-hybridized carbons (Fsp3) is 0.600. The van der Waals surface area contributed by atoms with E-state index >= 15 is 0 Å². The molecule has 1 saturated heterocycles. The lowest BCUT2D eigenvalue weighted by molar-refractivity contribution is -0.0846. The minimum absolute atomic E-state index is 0.0992. The van der Waals surface area contributed by atoms with E-state index in [0.29, 0.717) is 0 Å². The van der Waals surface area contributed by atoms with Crippen LogP contribution >= 0.6 is 0 Å². The Morgan fingerprint density at radius 1 is 1.24 bits per heavy atom. The summed E-state index contributed by atoms with van der Waals surface area (Å²) in [5.74, 6) is 0.935.